The minimum absolute atomic E-state index is 0.203. The van der Waals surface area contributed by atoms with Gasteiger partial charge in [-0.3, -0.25) is 9.59 Å². The molecule has 0 unspecified atom stereocenters. The number of allylic oxidation sites excluding steroid dienone is 1. The molecule has 0 spiro atoms. The fraction of sp³-hybridized carbons (Fsp3) is 0.135. The number of methoxy groups -OCH3 is 1. The Balaban J connectivity index is 1.38. The van der Waals surface area contributed by atoms with Crippen molar-refractivity contribution in [2.75, 3.05) is 25.6 Å². The number of aromatic nitrogens is 2. The van der Waals surface area contributed by atoms with Crippen LogP contribution in [0.2, 0.25) is 0 Å². The van der Waals surface area contributed by atoms with Gasteiger partial charge in [0.05, 0.1) is 36.2 Å². The lowest BCUT2D eigenvalue weighted by Gasteiger charge is -2.16. The molecule has 0 saturated heterocycles. The summed E-state index contributed by atoms with van der Waals surface area (Å²) >= 11 is 0. The van der Waals surface area contributed by atoms with Crippen LogP contribution in [-0.2, 0) is 11.2 Å². The lowest BCUT2D eigenvalue weighted by atomic mass is 10.1. The maximum absolute atomic E-state index is 13.8. The summed E-state index contributed by atoms with van der Waals surface area (Å²) in [6, 6.07) is 23.3. The van der Waals surface area contributed by atoms with E-state index in [9.17, 15) is 14.0 Å². The lowest BCUT2D eigenvalue weighted by Crippen LogP contribution is -2.21. The van der Waals surface area contributed by atoms with Crippen LogP contribution in [0.1, 0.15) is 18.1 Å². The Morgan fingerprint density at radius 2 is 1.85 bits per heavy atom. The third kappa shape index (κ3) is 6.66. The summed E-state index contributed by atoms with van der Waals surface area (Å²) in [5.74, 6) is 0.926. The van der Waals surface area contributed by atoms with Crippen molar-refractivity contribution in [1.29, 1.82) is 0 Å². The van der Waals surface area contributed by atoms with Gasteiger partial charge in [-0.25, -0.2) is 9.37 Å². The molecule has 11 heteroatoms. The van der Waals surface area contributed by atoms with Gasteiger partial charge in [0, 0.05) is 11.3 Å². The second kappa shape index (κ2) is 14.0. The van der Waals surface area contributed by atoms with Crippen molar-refractivity contribution in [2.24, 2.45) is 5.10 Å². The third-order valence-corrected chi connectivity index (χ3v) is 7.31. The van der Waals surface area contributed by atoms with Crippen LogP contribution in [-0.4, -0.2) is 42.1 Å². The van der Waals surface area contributed by atoms with Crippen LogP contribution >= 0.6 is 0 Å². The van der Waals surface area contributed by atoms with E-state index >= 15 is 0 Å². The van der Waals surface area contributed by atoms with Crippen molar-refractivity contribution in [3.63, 3.8) is 0 Å². The molecule has 6 aromatic rings. The molecule has 0 saturated carbocycles. The van der Waals surface area contributed by atoms with Gasteiger partial charge >= 0.3 is 0 Å². The van der Waals surface area contributed by atoms with Gasteiger partial charge in [0.25, 0.3) is 11.5 Å². The van der Waals surface area contributed by atoms with Gasteiger partial charge in [0.1, 0.15) is 17.1 Å². The number of rotatable bonds is 12. The highest BCUT2D eigenvalue weighted by Crippen LogP contribution is 2.35. The Morgan fingerprint density at radius 1 is 1.02 bits per heavy atom. The van der Waals surface area contributed by atoms with E-state index in [1.807, 2.05) is 19.1 Å². The predicted molar refractivity (Wildman–Crippen MR) is 183 cm³/mol. The van der Waals surface area contributed by atoms with E-state index in [0.717, 1.165) is 5.39 Å². The van der Waals surface area contributed by atoms with Crippen LogP contribution in [0, 0.1) is 5.82 Å². The zero-order chi connectivity index (χ0) is 33.6. The third-order valence-electron chi connectivity index (χ3n) is 7.31. The molecule has 242 valence electrons. The summed E-state index contributed by atoms with van der Waals surface area (Å²) in [4.78, 5) is 31.2. The summed E-state index contributed by atoms with van der Waals surface area (Å²) in [7, 11) is 1.57. The van der Waals surface area contributed by atoms with Gasteiger partial charge in [0.2, 0.25) is 5.82 Å². The van der Waals surface area contributed by atoms with E-state index in [0.29, 0.717) is 69.3 Å². The van der Waals surface area contributed by atoms with E-state index in [4.69, 9.17) is 23.6 Å². The normalized spacial score (nSPS) is 11.2. The molecular weight excluding hydrogens is 615 g/mol. The topological polar surface area (TPSA) is 117 Å². The lowest BCUT2D eigenvalue weighted by molar-refractivity contribution is -0.118. The van der Waals surface area contributed by atoms with Gasteiger partial charge in [0.15, 0.2) is 23.9 Å². The first-order valence-corrected chi connectivity index (χ1v) is 15.1. The number of halogens is 1. The first-order valence-electron chi connectivity index (χ1n) is 15.1. The molecule has 0 aliphatic rings. The first kappa shape index (κ1) is 31.7. The van der Waals surface area contributed by atoms with Crippen LogP contribution in [0.4, 0.5) is 10.1 Å². The van der Waals surface area contributed by atoms with Gasteiger partial charge in [-0.15, -0.1) is 6.58 Å². The van der Waals surface area contributed by atoms with Crippen LogP contribution in [0.5, 0.6) is 17.2 Å². The van der Waals surface area contributed by atoms with Crippen molar-refractivity contribution in [1.82, 2.24) is 9.66 Å². The number of fused-ring (bicyclic) bond motifs is 2. The Kier molecular flexibility index (Phi) is 9.28. The molecular formula is C37H31FN4O6. The smallest absolute Gasteiger partial charge is 0.282 e. The Morgan fingerprint density at radius 3 is 2.65 bits per heavy atom. The number of hydrogen-bond donors (Lipinski definition) is 1. The van der Waals surface area contributed by atoms with Gasteiger partial charge in [-0.2, -0.15) is 9.78 Å². The van der Waals surface area contributed by atoms with Crippen LogP contribution in [0.15, 0.2) is 112 Å². The number of hydrogen-bond acceptors (Lipinski definition) is 8. The SMILES string of the molecule is C=CCc1cc(C=Nn2c(-c3cc4c(OC)cccc4o3)nc3ccccc3c2=O)cc(OCC)c1OCC(=O)Nc1cccc(F)c1. The Hall–Kier alpha value is -6.23. The molecule has 2 heterocycles. The second-order valence-corrected chi connectivity index (χ2v) is 10.6. The molecule has 1 N–H and O–H groups in total. The van der Waals surface area contributed by atoms with E-state index < -0.39 is 11.7 Å². The van der Waals surface area contributed by atoms with Crippen molar-refractivity contribution < 1.29 is 27.8 Å². The summed E-state index contributed by atoms with van der Waals surface area (Å²) in [5.41, 5.74) is 2.24. The number of nitrogens with one attached hydrogen (secondary N) is 1. The number of carbonyl (C=O) groups excluding carboxylic acids is 1. The zero-order valence-corrected chi connectivity index (χ0v) is 26.2. The molecule has 0 aliphatic heterocycles. The average Bonchev–Trinajstić information content (AvgIpc) is 3.52. The monoisotopic (exact) mass is 646 g/mol. The number of carbonyl (C=O) groups is 1. The highest BCUT2D eigenvalue weighted by molar-refractivity contribution is 5.92. The zero-order valence-electron chi connectivity index (χ0n) is 26.2. The second-order valence-electron chi connectivity index (χ2n) is 10.6. The van der Waals surface area contributed by atoms with E-state index in [-0.39, 0.29) is 18.0 Å². The van der Waals surface area contributed by atoms with Crippen molar-refractivity contribution in [2.45, 2.75) is 13.3 Å². The largest absolute Gasteiger partial charge is 0.496 e. The number of amides is 1. The molecule has 0 fully saturated rings. The van der Waals surface area contributed by atoms with E-state index in [2.05, 4.69) is 17.0 Å². The summed E-state index contributed by atoms with van der Waals surface area (Å²) in [6.07, 6.45) is 3.59. The Labute approximate surface area is 274 Å². The molecule has 0 radical (unpaired) electrons. The van der Waals surface area contributed by atoms with E-state index in [1.165, 1.54) is 29.1 Å². The molecule has 0 atom stereocenters. The summed E-state index contributed by atoms with van der Waals surface area (Å²) in [5, 5.41) is 8.31. The molecule has 0 bridgehead atoms. The van der Waals surface area contributed by atoms with Crippen molar-refractivity contribution in [3.8, 4) is 28.8 Å². The fourth-order valence-corrected chi connectivity index (χ4v) is 5.23. The number of nitrogens with zero attached hydrogens (tertiary/aromatic N) is 3. The maximum Gasteiger partial charge on any atom is 0.282 e. The van der Waals surface area contributed by atoms with Gasteiger partial charge in [-0.1, -0.05) is 30.3 Å². The summed E-state index contributed by atoms with van der Waals surface area (Å²) in [6.45, 7) is 5.64. The molecule has 10 nitrogen and oxygen atoms in total. The van der Waals surface area contributed by atoms with Crippen LogP contribution < -0.4 is 25.1 Å². The van der Waals surface area contributed by atoms with Crippen LogP contribution in [0.3, 0.4) is 0 Å². The molecule has 48 heavy (non-hydrogen) atoms. The van der Waals surface area contributed by atoms with Crippen molar-refractivity contribution in [3.05, 3.63) is 125 Å². The minimum atomic E-state index is -0.475. The summed E-state index contributed by atoms with van der Waals surface area (Å²) < 4.78 is 38.2. The molecule has 1 amide bonds. The van der Waals surface area contributed by atoms with Gasteiger partial charge < -0.3 is 23.9 Å². The Bertz CT molecular complexity index is 2240. The maximum atomic E-state index is 13.8. The van der Waals surface area contributed by atoms with Crippen molar-refractivity contribution >= 4 is 39.7 Å². The number of furan rings is 1. The van der Waals surface area contributed by atoms with Gasteiger partial charge in [-0.05, 0) is 79.6 Å². The predicted octanol–water partition coefficient (Wildman–Crippen LogP) is 6.98. The molecule has 4 aromatic carbocycles. The number of ether oxygens (including phenoxy) is 3. The molecule has 0 aliphatic carbocycles. The standard InChI is InChI=1S/C37H31FN4O6/c1-4-10-24-17-23(18-32(46-5-2)35(24)47-22-34(43)40-26-12-8-11-25(38)19-26)21-39-42-36(41-29-14-7-6-13-27(29)37(42)44)33-20-28-30(45-3)15-9-16-31(28)48-33/h4,6-9,11-21H,1,5,10,22H2,2-3H3,(H,40,43). The minimum Gasteiger partial charge on any atom is -0.496 e. The quantitative estimate of drug-likeness (QED) is 0.113. The highest BCUT2D eigenvalue weighted by Gasteiger charge is 2.19. The number of anilines is 1. The highest BCUT2D eigenvalue weighted by atomic mass is 19.1. The van der Waals surface area contributed by atoms with Crippen LogP contribution in [0.25, 0.3) is 33.5 Å². The van der Waals surface area contributed by atoms with E-state index in [1.54, 1.807) is 67.8 Å². The number of para-hydroxylation sites is 1. The first-order chi connectivity index (χ1) is 23.4. The average molecular weight is 647 g/mol. The fourth-order valence-electron chi connectivity index (χ4n) is 5.23. The molecule has 2 aromatic heterocycles. The number of benzene rings is 4. The molecule has 6 rings (SSSR count).